The van der Waals surface area contributed by atoms with Crippen LogP contribution in [-0.4, -0.2) is 17.4 Å². The Balaban J connectivity index is 0.00000361. The van der Waals surface area contributed by atoms with Crippen LogP contribution in [0.4, 0.5) is 0 Å². The number of carbonyl (C=O) groups is 1. The molecule has 0 aliphatic heterocycles. The monoisotopic (exact) mass is 319 g/mol. The smallest absolute Gasteiger partial charge is 0.270 e. The minimum absolute atomic E-state index is 0. The van der Waals surface area contributed by atoms with Gasteiger partial charge in [-0.1, -0.05) is 39.5 Å². The summed E-state index contributed by atoms with van der Waals surface area (Å²) in [6.07, 6.45) is 6.06. The second kappa shape index (κ2) is 11.1. The van der Waals surface area contributed by atoms with Gasteiger partial charge in [0.05, 0.1) is 0 Å². The lowest BCUT2D eigenvalue weighted by Gasteiger charge is -2.05. The lowest BCUT2D eigenvalue weighted by Crippen LogP contribution is -2.24. The largest absolute Gasteiger partial charge is 0.351 e. The van der Waals surface area contributed by atoms with Gasteiger partial charge in [-0.25, -0.2) is 4.98 Å². The Morgan fingerprint density at radius 3 is 2.65 bits per heavy atom. The molecule has 1 aromatic heterocycles. The van der Waals surface area contributed by atoms with E-state index in [9.17, 15) is 4.79 Å². The number of nitrogens with zero attached hydrogens (tertiary/aromatic N) is 1. The Hall–Kier alpha value is -0.650. The van der Waals surface area contributed by atoms with Gasteiger partial charge in [-0.05, 0) is 12.3 Å². The molecule has 1 rings (SSSR count). The van der Waals surface area contributed by atoms with Crippen molar-refractivity contribution >= 4 is 29.7 Å². The molecule has 116 valence electrons. The van der Waals surface area contributed by atoms with Crippen LogP contribution in [0.2, 0.25) is 0 Å². The summed E-state index contributed by atoms with van der Waals surface area (Å²) in [4.78, 5) is 15.9. The van der Waals surface area contributed by atoms with E-state index in [1.165, 1.54) is 37.0 Å². The lowest BCUT2D eigenvalue weighted by atomic mass is 10.0. The van der Waals surface area contributed by atoms with Gasteiger partial charge in [0.15, 0.2) is 0 Å². The molecule has 20 heavy (non-hydrogen) atoms. The second-order valence-electron chi connectivity index (χ2n) is 5.18. The Kier molecular flexibility index (Phi) is 10.7. The van der Waals surface area contributed by atoms with Gasteiger partial charge in [0.2, 0.25) is 0 Å². The van der Waals surface area contributed by atoms with Crippen molar-refractivity contribution in [3.8, 4) is 0 Å². The highest BCUT2D eigenvalue weighted by molar-refractivity contribution is 7.09. The quantitative estimate of drug-likeness (QED) is 0.686. The predicted octanol–water partition coefficient (Wildman–Crippen LogP) is 3.36. The van der Waals surface area contributed by atoms with Gasteiger partial charge in [-0.15, -0.1) is 23.7 Å². The molecule has 1 heterocycles. The van der Waals surface area contributed by atoms with Crippen molar-refractivity contribution in [1.29, 1.82) is 0 Å². The number of hydrogen-bond donors (Lipinski definition) is 2. The first-order valence-corrected chi connectivity index (χ1v) is 7.94. The number of rotatable bonds is 9. The number of unbranched alkanes of at least 4 members (excludes halogenated alkanes) is 3. The summed E-state index contributed by atoms with van der Waals surface area (Å²) in [6, 6.07) is 0. The molecule has 0 spiro atoms. The van der Waals surface area contributed by atoms with Crippen LogP contribution in [0, 0.1) is 5.92 Å². The summed E-state index contributed by atoms with van der Waals surface area (Å²) < 4.78 is 0. The third-order valence-electron chi connectivity index (χ3n) is 2.95. The van der Waals surface area contributed by atoms with Crippen LogP contribution in [0.5, 0.6) is 0 Å². The van der Waals surface area contributed by atoms with Gasteiger partial charge in [-0.3, -0.25) is 4.79 Å². The van der Waals surface area contributed by atoms with Gasteiger partial charge in [-0.2, -0.15) is 0 Å². The SMILES string of the molecule is CC(C)CCCCCCNC(=O)c1csc(CN)n1.Cl. The van der Waals surface area contributed by atoms with E-state index in [2.05, 4.69) is 24.1 Å². The van der Waals surface area contributed by atoms with E-state index in [-0.39, 0.29) is 18.3 Å². The third-order valence-corrected chi connectivity index (χ3v) is 3.82. The summed E-state index contributed by atoms with van der Waals surface area (Å²) in [7, 11) is 0. The zero-order valence-electron chi connectivity index (χ0n) is 12.4. The van der Waals surface area contributed by atoms with Crippen molar-refractivity contribution < 1.29 is 4.79 Å². The number of nitrogens with one attached hydrogen (secondary N) is 1. The molecular formula is C14H26ClN3OS. The van der Waals surface area contributed by atoms with E-state index in [1.807, 2.05) is 0 Å². The molecule has 0 saturated carbocycles. The van der Waals surface area contributed by atoms with E-state index in [1.54, 1.807) is 5.38 Å². The fourth-order valence-electron chi connectivity index (χ4n) is 1.83. The number of thiazole rings is 1. The molecular weight excluding hydrogens is 294 g/mol. The molecule has 0 aromatic carbocycles. The van der Waals surface area contributed by atoms with Crippen LogP contribution < -0.4 is 11.1 Å². The molecule has 1 amide bonds. The van der Waals surface area contributed by atoms with E-state index in [4.69, 9.17) is 5.73 Å². The molecule has 6 heteroatoms. The van der Waals surface area contributed by atoms with Crippen LogP contribution in [0.3, 0.4) is 0 Å². The van der Waals surface area contributed by atoms with Crippen molar-refractivity contribution in [3.63, 3.8) is 0 Å². The van der Waals surface area contributed by atoms with Crippen molar-refractivity contribution in [1.82, 2.24) is 10.3 Å². The average molecular weight is 320 g/mol. The number of hydrogen-bond acceptors (Lipinski definition) is 4. The number of aromatic nitrogens is 1. The molecule has 0 atom stereocenters. The molecule has 3 N–H and O–H groups in total. The minimum Gasteiger partial charge on any atom is -0.351 e. The zero-order valence-corrected chi connectivity index (χ0v) is 14.0. The summed E-state index contributed by atoms with van der Waals surface area (Å²) in [6.45, 7) is 5.64. The fourth-order valence-corrected chi connectivity index (χ4v) is 2.49. The van der Waals surface area contributed by atoms with Gasteiger partial charge in [0, 0.05) is 18.5 Å². The van der Waals surface area contributed by atoms with Crippen LogP contribution in [0.15, 0.2) is 5.38 Å². The maximum absolute atomic E-state index is 11.7. The summed E-state index contributed by atoms with van der Waals surface area (Å²) in [5.74, 6) is 0.708. The highest BCUT2D eigenvalue weighted by Gasteiger charge is 2.08. The highest BCUT2D eigenvalue weighted by atomic mass is 35.5. The average Bonchev–Trinajstić information content (AvgIpc) is 2.85. The standard InChI is InChI=1S/C14H25N3OS.ClH/c1-11(2)7-5-3-4-6-8-16-14(18)12-10-19-13(9-15)17-12;/h10-11H,3-9,15H2,1-2H3,(H,16,18);1H. The third kappa shape index (κ3) is 7.82. The van der Waals surface area contributed by atoms with Gasteiger partial charge >= 0.3 is 0 Å². The summed E-state index contributed by atoms with van der Waals surface area (Å²) in [5.41, 5.74) is 5.96. The lowest BCUT2D eigenvalue weighted by molar-refractivity contribution is 0.0948. The molecule has 0 unspecified atom stereocenters. The van der Waals surface area contributed by atoms with E-state index < -0.39 is 0 Å². The van der Waals surface area contributed by atoms with Crippen molar-refractivity contribution in [2.24, 2.45) is 11.7 Å². The molecule has 4 nitrogen and oxygen atoms in total. The Bertz CT molecular complexity index is 382. The number of halogens is 1. The molecule has 1 aromatic rings. The summed E-state index contributed by atoms with van der Waals surface area (Å²) >= 11 is 1.43. The normalized spacial score (nSPS) is 10.4. The van der Waals surface area contributed by atoms with E-state index in [0.717, 1.165) is 23.9 Å². The Morgan fingerprint density at radius 1 is 1.35 bits per heavy atom. The fraction of sp³-hybridized carbons (Fsp3) is 0.714. The highest BCUT2D eigenvalue weighted by Crippen LogP contribution is 2.10. The number of nitrogens with two attached hydrogens (primary N) is 1. The molecule has 0 radical (unpaired) electrons. The predicted molar refractivity (Wildman–Crippen MR) is 87.5 cm³/mol. The molecule has 0 saturated heterocycles. The van der Waals surface area contributed by atoms with Gasteiger partial charge in [0.25, 0.3) is 5.91 Å². The van der Waals surface area contributed by atoms with Gasteiger partial charge in [0.1, 0.15) is 10.7 Å². The van der Waals surface area contributed by atoms with E-state index >= 15 is 0 Å². The topological polar surface area (TPSA) is 68.0 Å². The molecule has 0 aliphatic carbocycles. The summed E-state index contributed by atoms with van der Waals surface area (Å²) in [5, 5.41) is 5.47. The molecule has 0 bridgehead atoms. The van der Waals surface area contributed by atoms with Gasteiger partial charge < -0.3 is 11.1 Å². The minimum atomic E-state index is -0.0851. The van der Waals surface area contributed by atoms with E-state index in [0.29, 0.717) is 12.2 Å². The maximum atomic E-state index is 11.7. The Labute approximate surface area is 132 Å². The second-order valence-corrected chi connectivity index (χ2v) is 6.13. The maximum Gasteiger partial charge on any atom is 0.270 e. The van der Waals surface area contributed by atoms with Crippen LogP contribution >= 0.6 is 23.7 Å². The van der Waals surface area contributed by atoms with Crippen LogP contribution in [-0.2, 0) is 6.54 Å². The first kappa shape index (κ1) is 19.4. The first-order valence-electron chi connectivity index (χ1n) is 7.06. The van der Waals surface area contributed by atoms with Crippen LogP contribution in [0.1, 0.15) is 61.4 Å². The van der Waals surface area contributed by atoms with Crippen molar-refractivity contribution in [2.45, 2.75) is 52.5 Å². The first-order chi connectivity index (χ1) is 9.13. The molecule has 0 fully saturated rings. The number of carbonyl (C=O) groups excluding carboxylic acids is 1. The van der Waals surface area contributed by atoms with Crippen molar-refractivity contribution in [3.05, 3.63) is 16.1 Å². The zero-order chi connectivity index (χ0) is 14.1. The number of amides is 1. The van der Waals surface area contributed by atoms with Crippen LogP contribution in [0.25, 0.3) is 0 Å². The Morgan fingerprint density at radius 2 is 2.05 bits per heavy atom. The van der Waals surface area contributed by atoms with Crippen molar-refractivity contribution in [2.75, 3.05) is 6.54 Å². The molecule has 0 aliphatic rings.